The van der Waals surface area contributed by atoms with Crippen LogP contribution in [0.4, 0.5) is 4.79 Å². The van der Waals surface area contributed by atoms with Crippen molar-refractivity contribution < 1.29 is 9.59 Å². The maximum absolute atomic E-state index is 11.9. The van der Waals surface area contributed by atoms with Gasteiger partial charge in [0.15, 0.2) is 0 Å². The van der Waals surface area contributed by atoms with Crippen LogP contribution in [0, 0.1) is 0 Å². The molecule has 19 heavy (non-hydrogen) atoms. The van der Waals surface area contributed by atoms with Crippen LogP contribution in [0.3, 0.4) is 0 Å². The van der Waals surface area contributed by atoms with Crippen molar-refractivity contribution in [2.45, 2.75) is 37.8 Å². The second-order valence-electron chi connectivity index (χ2n) is 5.37. The van der Waals surface area contributed by atoms with Crippen LogP contribution in [0.15, 0.2) is 24.4 Å². The van der Waals surface area contributed by atoms with Crippen molar-refractivity contribution >= 4 is 11.9 Å². The number of hydrogen-bond donors (Lipinski definition) is 1. The van der Waals surface area contributed by atoms with E-state index in [1.54, 1.807) is 0 Å². The lowest BCUT2D eigenvalue weighted by Gasteiger charge is -2.37. The van der Waals surface area contributed by atoms with E-state index in [2.05, 4.69) is 28.6 Å². The molecule has 5 heteroatoms. The molecule has 0 bridgehead atoms. The monoisotopic (exact) mass is 261 g/mol. The van der Waals surface area contributed by atoms with Gasteiger partial charge in [-0.1, -0.05) is 12.2 Å². The minimum absolute atomic E-state index is 0.159. The first-order chi connectivity index (χ1) is 9.24. The van der Waals surface area contributed by atoms with E-state index in [9.17, 15) is 9.59 Å². The first-order valence-corrected chi connectivity index (χ1v) is 6.95. The molecule has 3 rings (SSSR count). The van der Waals surface area contributed by atoms with Crippen LogP contribution in [0.25, 0.3) is 0 Å². The molecule has 0 aromatic carbocycles. The van der Waals surface area contributed by atoms with E-state index >= 15 is 0 Å². The van der Waals surface area contributed by atoms with Gasteiger partial charge in [-0.05, 0) is 31.5 Å². The van der Waals surface area contributed by atoms with Crippen molar-refractivity contribution in [3.63, 3.8) is 0 Å². The first kappa shape index (κ1) is 12.3. The highest BCUT2D eigenvalue weighted by molar-refractivity contribution is 5.96. The van der Waals surface area contributed by atoms with Crippen LogP contribution in [-0.4, -0.2) is 46.9 Å². The van der Waals surface area contributed by atoms with Crippen LogP contribution in [0.1, 0.15) is 25.7 Å². The Morgan fingerprint density at radius 3 is 2.95 bits per heavy atom. The van der Waals surface area contributed by atoms with Crippen LogP contribution < -0.4 is 5.32 Å². The molecule has 0 radical (unpaired) electrons. The lowest BCUT2D eigenvalue weighted by atomic mass is 10.1. The molecule has 0 aromatic heterocycles. The van der Waals surface area contributed by atoms with Gasteiger partial charge in [-0.25, -0.2) is 4.79 Å². The lowest BCUT2D eigenvalue weighted by molar-refractivity contribution is -0.121. The number of nitrogens with zero attached hydrogens (tertiary/aromatic N) is 2. The van der Waals surface area contributed by atoms with E-state index in [1.165, 1.54) is 0 Å². The minimum Gasteiger partial charge on any atom is -0.369 e. The summed E-state index contributed by atoms with van der Waals surface area (Å²) in [6.45, 7) is 1.40. The Kier molecular flexibility index (Phi) is 3.27. The zero-order valence-electron chi connectivity index (χ0n) is 10.9. The van der Waals surface area contributed by atoms with Gasteiger partial charge in [0.05, 0.1) is 6.04 Å². The Morgan fingerprint density at radius 2 is 2.11 bits per heavy atom. The number of amides is 3. The molecule has 2 unspecified atom stereocenters. The maximum Gasteiger partial charge on any atom is 0.324 e. The molecule has 2 saturated heterocycles. The summed E-state index contributed by atoms with van der Waals surface area (Å²) in [7, 11) is 0. The third-order valence-electron chi connectivity index (χ3n) is 4.13. The summed E-state index contributed by atoms with van der Waals surface area (Å²) in [5, 5.41) is 2.42. The van der Waals surface area contributed by atoms with Gasteiger partial charge in [0, 0.05) is 25.6 Å². The number of allylic oxidation sites excluding steroid dienone is 2. The number of imide groups is 1. The Balaban J connectivity index is 1.71. The molecule has 0 aliphatic carbocycles. The maximum atomic E-state index is 11.9. The molecular weight excluding hydrogens is 242 g/mol. The Bertz CT molecular complexity index is 444. The third-order valence-corrected chi connectivity index (χ3v) is 4.13. The van der Waals surface area contributed by atoms with Gasteiger partial charge in [-0.3, -0.25) is 10.1 Å². The Labute approximate surface area is 112 Å². The van der Waals surface area contributed by atoms with Crippen molar-refractivity contribution in [3.8, 4) is 0 Å². The molecule has 3 aliphatic rings. The predicted octanol–water partition coefficient (Wildman–Crippen LogP) is 1.23. The molecule has 1 N–H and O–H groups in total. The molecule has 5 nitrogen and oxygen atoms in total. The minimum atomic E-state index is -0.226. The normalized spacial score (nSPS) is 30.9. The van der Waals surface area contributed by atoms with Gasteiger partial charge in [0.25, 0.3) is 0 Å². The molecule has 0 aromatic rings. The second kappa shape index (κ2) is 5.07. The smallest absolute Gasteiger partial charge is 0.324 e. The third kappa shape index (κ3) is 2.50. The van der Waals surface area contributed by atoms with Gasteiger partial charge >= 0.3 is 6.03 Å². The highest BCUT2D eigenvalue weighted by Gasteiger charge is 2.32. The molecule has 0 spiro atoms. The van der Waals surface area contributed by atoms with E-state index in [-0.39, 0.29) is 18.0 Å². The van der Waals surface area contributed by atoms with E-state index in [1.807, 2.05) is 11.0 Å². The first-order valence-electron chi connectivity index (χ1n) is 6.95. The zero-order valence-corrected chi connectivity index (χ0v) is 10.9. The summed E-state index contributed by atoms with van der Waals surface area (Å²) in [6.07, 6.45) is 12.1. The summed E-state index contributed by atoms with van der Waals surface area (Å²) in [5.74, 6) is -0.159. The fourth-order valence-electron chi connectivity index (χ4n) is 3.11. The number of carbonyl (C=O) groups excluding carboxylic acids is 2. The van der Waals surface area contributed by atoms with Gasteiger partial charge in [0.2, 0.25) is 5.91 Å². The molecule has 3 amide bonds. The van der Waals surface area contributed by atoms with Crippen LogP contribution in [0.5, 0.6) is 0 Å². The highest BCUT2D eigenvalue weighted by atomic mass is 16.2. The molecule has 3 aliphatic heterocycles. The SMILES string of the molecule is O=C1CCN(C2CCCC3C=CC=CN3C2)C(=O)N1. The van der Waals surface area contributed by atoms with Gasteiger partial charge in [0.1, 0.15) is 0 Å². The average Bonchev–Trinajstić information content (AvgIpc) is 2.60. The highest BCUT2D eigenvalue weighted by Crippen LogP contribution is 2.24. The summed E-state index contributed by atoms with van der Waals surface area (Å²) in [4.78, 5) is 27.3. The molecule has 0 saturated carbocycles. The van der Waals surface area contributed by atoms with Crippen molar-refractivity contribution in [2.75, 3.05) is 13.1 Å². The number of fused-ring (bicyclic) bond motifs is 1. The van der Waals surface area contributed by atoms with Crippen LogP contribution >= 0.6 is 0 Å². The van der Waals surface area contributed by atoms with Crippen molar-refractivity contribution in [1.29, 1.82) is 0 Å². The molecule has 2 fully saturated rings. The van der Waals surface area contributed by atoms with E-state index in [0.717, 1.165) is 25.8 Å². The van der Waals surface area contributed by atoms with Crippen LogP contribution in [-0.2, 0) is 4.79 Å². The zero-order chi connectivity index (χ0) is 13.2. The quantitative estimate of drug-likeness (QED) is 0.772. The number of rotatable bonds is 1. The fraction of sp³-hybridized carbons (Fsp3) is 0.571. The number of nitrogens with one attached hydrogen (secondary N) is 1. The topological polar surface area (TPSA) is 52.7 Å². The summed E-state index contributed by atoms with van der Waals surface area (Å²) in [6, 6.07) is 0.440. The van der Waals surface area contributed by atoms with Gasteiger partial charge < -0.3 is 9.80 Å². The summed E-state index contributed by atoms with van der Waals surface area (Å²) in [5.41, 5.74) is 0. The standard InChI is InChI=1S/C14H19N3O2/c18-13-7-9-17(14(19)15-13)12-6-3-5-11-4-1-2-8-16(11)10-12/h1-2,4,8,11-12H,3,5-7,9-10H2,(H,15,18,19). The van der Waals surface area contributed by atoms with Gasteiger partial charge in [-0.15, -0.1) is 0 Å². The fourth-order valence-corrected chi connectivity index (χ4v) is 3.11. The lowest BCUT2D eigenvalue weighted by Crippen LogP contribution is -2.55. The summed E-state index contributed by atoms with van der Waals surface area (Å²) >= 11 is 0. The molecular formula is C14H19N3O2. The van der Waals surface area contributed by atoms with Crippen molar-refractivity contribution in [2.24, 2.45) is 0 Å². The Hall–Kier alpha value is -1.78. The molecule has 102 valence electrons. The Morgan fingerprint density at radius 1 is 1.21 bits per heavy atom. The van der Waals surface area contributed by atoms with Crippen molar-refractivity contribution in [3.05, 3.63) is 24.4 Å². The van der Waals surface area contributed by atoms with Crippen LogP contribution in [0.2, 0.25) is 0 Å². The number of urea groups is 1. The van der Waals surface area contributed by atoms with E-state index in [4.69, 9.17) is 0 Å². The van der Waals surface area contributed by atoms with Crippen molar-refractivity contribution in [1.82, 2.24) is 15.1 Å². The largest absolute Gasteiger partial charge is 0.369 e. The number of hydrogen-bond acceptors (Lipinski definition) is 3. The molecule has 2 atom stereocenters. The van der Waals surface area contributed by atoms with E-state index in [0.29, 0.717) is 19.0 Å². The predicted molar refractivity (Wildman–Crippen MR) is 71.3 cm³/mol. The average molecular weight is 261 g/mol. The molecule has 3 heterocycles. The summed E-state index contributed by atoms with van der Waals surface area (Å²) < 4.78 is 0. The number of carbonyl (C=O) groups is 2. The second-order valence-corrected chi connectivity index (χ2v) is 5.37. The van der Waals surface area contributed by atoms with Gasteiger partial charge in [-0.2, -0.15) is 0 Å². The van der Waals surface area contributed by atoms with E-state index < -0.39 is 0 Å².